The molecule has 0 aliphatic carbocycles. The fraction of sp³-hybridized carbons (Fsp3) is 0.529. The van der Waals surface area contributed by atoms with Gasteiger partial charge in [0.15, 0.2) is 0 Å². The number of carbonyl (C=O) groups excluding carboxylic acids is 1. The van der Waals surface area contributed by atoms with Crippen LogP contribution in [-0.4, -0.2) is 58.8 Å². The molecule has 9 heteroatoms. The summed E-state index contributed by atoms with van der Waals surface area (Å²) < 4.78 is 5.37. The van der Waals surface area contributed by atoms with Crippen LogP contribution in [0.4, 0.5) is 16.2 Å². The van der Waals surface area contributed by atoms with Crippen LogP contribution in [0.25, 0.3) is 0 Å². The SMILES string of the molecule is CC(C)(C)OC(=O)N1CCCN(c2ccc(C(=O)O)cc2[N+](=O)[O-])CC1. The fourth-order valence-electron chi connectivity index (χ4n) is 2.74. The topological polar surface area (TPSA) is 113 Å². The van der Waals surface area contributed by atoms with Crippen LogP contribution >= 0.6 is 0 Å². The van der Waals surface area contributed by atoms with Gasteiger partial charge < -0.3 is 19.6 Å². The molecule has 0 atom stereocenters. The van der Waals surface area contributed by atoms with Gasteiger partial charge in [0, 0.05) is 32.2 Å². The second-order valence-corrected chi connectivity index (χ2v) is 7.07. The number of benzene rings is 1. The molecule has 1 fully saturated rings. The van der Waals surface area contributed by atoms with Crippen molar-refractivity contribution in [2.45, 2.75) is 32.8 Å². The molecule has 0 saturated carbocycles. The number of carboxylic acids is 1. The molecule has 9 nitrogen and oxygen atoms in total. The zero-order chi connectivity index (χ0) is 19.5. The summed E-state index contributed by atoms with van der Waals surface area (Å²) in [6, 6.07) is 3.86. The number of carbonyl (C=O) groups is 2. The van der Waals surface area contributed by atoms with E-state index in [1.165, 1.54) is 12.1 Å². The lowest BCUT2D eigenvalue weighted by Gasteiger charge is -2.26. The first-order chi connectivity index (χ1) is 12.1. The molecule has 1 amide bonds. The van der Waals surface area contributed by atoms with Crippen molar-refractivity contribution in [3.8, 4) is 0 Å². The molecule has 1 aliphatic rings. The molecular weight excluding hydrogens is 342 g/mol. The van der Waals surface area contributed by atoms with Gasteiger partial charge in [-0.05, 0) is 39.3 Å². The van der Waals surface area contributed by atoms with E-state index in [1.54, 1.807) is 30.6 Å². The highest BCUT2D eigenvalue weighted by molar-refractivity contribution is 5.89. The molecule has 1 saturated heterocycles. The summed E-state index contributed by atoms with van der Waals surface area (Å²) in [6.07, 6.45) is 0.215. The van der Waals surface area contributed by atoms with E-state index in [0.29, 0.717) is 38.3 Å². The van der Waals surface area contributed by atoms with E-state index in [4.69, 9.17) is 9.84 Å². The molecule has 1 aliphatic heterocycles. The molecule has 26 heavy (non-hydrogen) atoms. The number of anilines is 1. The zero-order valence-electron chi connectivity index (χ0n) is 15.1. The lowest BCUT2D eigenvalue weighted by molar-refractivity contribution is -0.384. The molecule has 142 valence electrons. The molecule has 0 radical (unpaired) electrons. The molecular formula is C17H23N3O6. The van der Waals surface area contributed by atoms with Gasteiger partial charge in [0.25, 0.3) is 5.69 Å². The van der Waals surface area contributed by atoms with Crippen LogP contribution < -0.4 is 4.90 Å². The maximum absolute atomic E-state index is 12.2. The van der Waals surface area contributed by atoms with Crippen molar-refractivity contribution in [2.24, 2.45) is 0 Å². The first kappa shape index (κ1) is 19.5. The summed E-state index contributed by atoms with van der Waals surface area (Å²) in [5.41, 5.74) is -0.624. The Morgan fingerprint density at radius 1 is 1.19 bits per heavy atom. The van der Waals surface area contributed by atoms with Crippen LogP contribution in [0.1, 0.15) is 37.6 Å². The highest BCUT2D eigenvalue weighted by Gasteiger charge is 2.27. The molecule has 1 N–H and O–H groups in total. The summed E-state index contributed by atoms with van der Waals surface area (Å²) >= 11 is 0. The maximum atomic E-state index is 12.2. The van der Waals surface area contributed by atoms with Crippen LogP contribution in [-0.2, 0) is 4.74 Å². The predicted molar refractivity (Wildman–Crippen MR) is 94.7 cm³/mol. The van der Waals surface area contributed by atoms with Gasteiger partial charge in [-0.3, -0.25) is 10.1 Å². The summed E-state index contributed by atoms with van der Waals surface area (Å²) in [5, 5.41) is 20.4. The average molecular weight is 365 g/mol. The van der Waals surface area contributed by atoms with Crippen molar-refractivity contribution in [3.63, 3.8) is 0 Å². The van der Waals surface area contributed by atoms with Crippen molar-refractivity contribution in [1.82, 2.24) is 4.90 Å². The number of amides is 1. The molecule has 0 spiro atoms. The van der Waals surface area contributed by atoms with E-state index in [-0.39, 0.29) is 11.3 Å². The Hall–Kier alpha value is -2.84. The number of hydrogen-bond acceptors (Lipinski definition) is 6. The Labute approximate surface area is 151 Å². The number of carboxylic acid groups (broad SMARTS) is 1. The first-order valence-corrected chi connectivity index (χ1v) is 8.33. The minimum Gasteiger partial charge on any atom is -0.478 e. The Kier molecular flexibility index (Phi) is 5.69. The Morgan fingerprint density at radius 2 is 1.88 bits per heavy atom. The number of nitro benzene ring substituents is 1. The molecule has 1 aromatic rings. The quantitative estimate of drug-likeness (QED) is 0.647. The second-order valence-electron chi connectivity index (χ2n) is 7.07. The maximum Gasteiger partial charge on any atom is 0.410 e. The van der Waals surface area contributed by atoms with Crippen molar-refractivity contribution in [2.75, 3.05) is 31.1 Å². The number of aromatic carboxylic acids is 1. The molecule has 2 rings (SSSR count). The van der Waals surface area contributed by atoms with Crippen LogP contribution in [0, 0.1) is 10.1 Å². The number of nitro groups is 1. The summed E-state index contributed by atoms with van der Waals surface area (Å²) in [6.45, 7) is 7.16. The number of nitrogens with zero attached hydrogens (tertiary/aromatic N) is 3. The summed E-state index contributed by atoms with van der Waals surface area (Å²) in [7, 11) is 0. The standard InChI is InChI=1S/C17H23N3O6/c1-17(2,3)26-16(23)19-8-4-7-18(9-10-19)13-6-5-12(15(21)22)11-14(13)20(24)25/h5-6,11H,4,7-10H2,1-3H3,(H,21,22). The van der Waals surface area contributed by atoms with Gasteiger partial charge in [-0.25, -0.2) is 9.59 Å². The zero-order valence-corrected chi connectivity index (χ0v) is 15.1. The minimum atomic E-state index is -1.22. The first-order valence-electron chi connectivity index (χ1n) is 8.33. The largest absolute Gasteiger partial charge is 0.478 e. The van der Waals surface area contributed by atoms with Gasteiger partial charge in [-0.1, -0.05) is 0 Å². The third kappa shape index (κ3) is 4.84. The van der Waals surface area contributed by atoms with E-state index in [0.717, 1.165) is 6.07 Å². The van der Waals surface area contributed by atoms with E-state index in [1.807, 2.05) is 0 Å². The van der Waals surface area contributed by atoms with E-state index < -0.39 is 22.6 Å². The Morgan fingerprint density at radius 3 is 2.46 bits per heavy atom. The van der Waals surface area contributed by atoms with E-state index in [9.17, 15) is 19.7 Å². The van der Waals surface area contributed by atoms with Gasteiger partial charge in [0.2, 0.25) is 0 Å². The summed E-state index contributed by atoms with van der Waals surface area (Å²) in [4.78, 5) is 37.4. The van der Waals surface area contributed by atoms with Crippen molar-refractivity contribution < 1.29 is 24.4 Å². The number of hydrogen-bond donors (Lipinski definition) is 1. The van der Waals surface area contributed by atoms with Crippen LogP contribution in [0.3, 0.4) is 0 Å². The highest BCUT2D eigenvalue weighted by Crippen LogP contribution is 2.30. The molecule has 0 bridgehead atoms. The molecule has 0 aromatic heterocycles. The smallest absolute Gasteiger partial charge is 0.410 e. The third-order valence-corrected chi connectivity index (χ3v) is 3.91. The second kappa shape index (κ2) is 7.59. The fourth-order valence-corrected chi connectivity index (χ4v) is 2.74. The number of rotatable bonds is 3. The monoisotopic (exact) mass is 365 g/mol. The van der Waals surface area contributed by atoms with Gasteiger partial charge in [-0.15, -0.1) is 0 Å². The minimum absolute atomic E-state index is 0.134. The average Bonchev–Trinajstić information content (AvgIpc) is 2.78. The Bertz CT molecular complexity index is 713. The lowest BCUT2D eigenvalue weighted by atomic mass is 10.1. The van der Waals surface area contributed by atoms with Gasteiger partial charge in [0.1, 0.15) is 11.3 Å². The van der Waals surface area contributed by atoms with Crippen LogP contribution in [0.2, 0.25) is 0 Å². The van der Waals surface area contributed by atoms with Crippen LogP contribution in [0.5, 0.6) is 0 Å². The van der Waals surface area contributed by atoms with Crippen molar-refractivity contribution in [1.29, 1.82) is 0 Å². The molecule has 1 heterocycles. The predicted octanol–water partition coefficient (Wildman–Crippen LogP) is 2.74. The van der Waals surface area contributed by atoms with Gasteiger partial charge in [-0.2, -0.15) is 0 Å². The van der Waals surface area contributed by atoms with E-state index >= 15 is 0 Å². The molecule has 0 unspecified atom stereocenters. The Balaban J connectivity index is 2.17. The lowest BCUT2D eigenvalue weighted by Crippen LogP contribution is -2.39. The molecule has 1 aromatic carbocycles. The van der Waals surface area contributed by atoms with Gasteiger partial charge >= 0.3 is 12.1 Å². The van der Waals surface area contributed by atoms with Gasteiger partial charge in [0.05, 0.1) is 10.5 Å². The van der Waals surface area contributed by atoms with Crippen LogP contribution in [0.15, 0.2) is 18.2 Å². The third-order valence-electron chi connectivity index (χ3n) is 3.91. The van der Waals surface area contributed by atoms with Crippen molar-refractivity contribution >= 4 is 23.4 Å². The summed E-state index contributed by atoms with van der Waals surface area (Å²) in [5.74, 6) is -1.22. The number of ether oxygens (including phenoxy) is 1. The van der Waals surface area contributed by atoms with Crippen molar-refractivity contribution in [3.05, 3.63) is 33.9 Å². The highest BCUT2D eigenvalue weighted by atomic mass is 16.6. The van der Waals surface area contributed by atoms with E-state index in [2.05, 4.69) is 0 Å². The normalized spacial score (nSPS) is 15.3.